The molecule has 98 valence electrons. The standard InChI is InChI=1S/C15H13N5/c1-20-13-5-4-12(7-11(13)9-18-20)19-15-14-10(8-17-15)3-2-6-16-14/h2-7,9H,8H2,1H3,(H,17,19). The number of pyridine rings is 1. The lowest BCUT2D eigenvalue weighted by molar-refractivity contribution is 0.797. The molecule has 5 nitrogen and oxygen atoms in total. The molecule has 0 unspecified atom stereocenters. The summed E-state index contributed by atoms with van der Waals surface area (Å²) in [6.45, 7) is 0.695. The summed E-state index contributed by atoms with van der Waals surface area (Å²) < 4.78 is 1.86. The lowest BCUT2D eigenvalue weighted by atomic mass is 10.2. The van der Waals surface area contributed by atoms with Crippen LogP contribution in [-0.4, -0.2) is 20.6 Å². The monoisotopic (exact) mass is 263 g/mol. The fourth-order valence-corrected chi connectivity index (χ4v) is 2.50. The molecular weight excluding hydrogens is 250 g/mol. The van der Waals surface area contributed by atoms with E-state index in [9.17, 15) is 0 Å². The third-order valence-corrected chi connectivity index (χ3v) is 3.53. The number of nitrogens with zero attached hydrogens (tertiary/aromatic N) is 4. The number of aryl methyl sites for hydroxylation is 1. The Kier molecular flexibility index (Phi) is 2.32. The second-order valence-electron chi connectivity index (χ2n) is 4.84. The number of aliphatic imine (C=N–C) groups is 1. The van der Waals surface area contributed by atoms with Gasteiger partial charge in [0.15, 0.2) is 5.84 Å². The van der Waals surface area contributed by atoms with Gasteiger partial charge >= 0.3 is 0 Å². The summed E-state index contributed by atoms with van der Waals surface area (Å²) in [6.07, 6.45) is 3.66. The van der Waals surface area contributed by atoms with Gasteiger partial charge in [0.25, 0.3) is 0 Å². The molecule has 0 fully saturated rings. The second kappa shape index (κ2) is 4.16. The number of amidine groups is 1. The summed E-state index contributed by atoms with van der Waals surface area (Å²) in [5, 5.41) is 8.71. The second-order valence-corrected chi connectivity index (χ2v) is 4.84. The van der Waals surface area contributed by atoms with E-state index in [0.717, 1.165) is 33.7 Å². The molecular formula is C15H13N5. The Bertz CT molecular complexity index is 831. The van der Waals surface area contributed by atoms with E-state index in [1.54, 1.807) is 6.20 Å². The van der Waals surface area contributed by atoms with Crippen molar-refractivity contribution in [3.05, 3.63) is 54.0 Å². The zero-order valence-electron chi connectivity index (χ0n) is 11.0. The van der Waals surface area contributed by atoms with Crippen LogP contribution in [-0.2, 0) is 13.6 Å². The quantitative estimate of drug-likeness (QED) is 0.733. The average Bonchev–Trinajstić information content (AvgIpc) is 3.04. The van der Waals surface area contributed by atoms with Crippen LogP contribution in [0.5, 0.6) is 0 Å². The van der Waals surface area contributed by atoms with Gasteiger partial charge in [-0.25, -0.2) is 0 Å². The Morgan fingerprint density at radius 3 is 3.15 bits per heavy atom. The van der Waals surface area contributed by atoms with Gasteiger partial charge < -0.3 is 5.32 Å². The maximum absolute atomic E-state index is 4.51. The summed E-state index contributed by atoms with van der Waals surface area (Å²) in [7, 11) is 1.94. The van der Waals surface area contributed by atoms with Gasteiger partial charge in [0.2, 0.25) is 0 Å². The van der Waals surface area contributed by atoms with Crippen molar-refractivity contribution in [2.45, 2.75) is 6.54 Å². The largest absolute Gasteiger partial charge is 0.339 e. The molecule has 0 spiro atoms. The molecule has 1 N–H and O–H groups in total. The number of benzene rings is 1. The van der Waals surface area contributed by atoms with Crippen molar-refractivity contribution in [2.75, 3.05) is 5.32 Å². The first-order chi connectivity index (χ1) is 9.81. The molecule has 0 bridgehead atoms. The summed E-state index contributed by atoms with van der Waals surface area (Å²) >= 11 is 0. The normalized spacial score (nSPS) is 13.3. The van der Waals surface area contributed by atoms with Gasteiger partial charge in [-0.1, -0.05) is 6.07 Å². The highest BCUT2D eigenvalue weighted by atomic mass is 15.2. The van der Waals surface area contributed by atoms with Crippen LogP contribution in [0.4, 0.5) is 5.69 Å². The number of rotatable bonds is 1. The summed E-state index contributed by atoms with van der Waals surface area (Å²) in [4.78, 5) is 8.90. The smallest absolute Gasteiger partial charge is 0.152 e. The first-order valence-corrected chi connectivity index (χ1v) is 6.49. The highest BCUT2D eigenvalue weighted by Gasteiger charge is 2.16. The van der Waals surface area contributed by atoms with Crippen molar-refractivity contribution in [1.82, 2.24) is 14.8 Å². The van der Waals surface area contributed by atoms with E-state index in [1.807, 2.05) is 30.1 Å². The topological polar surface area (TPSA) is 55.1 Å². The maximum atomic E-state index is 4.51. The molecule has 1 aliphatic rings. The first kappa shape index (κ1) is 11.2. The molecule has 0 aliphatic carbocycles. The van der Waals surface area contributed by atoms with E-state index in [2.05, 4.69) is 38.6 Å². The third kappa shape index (κ3) is 1.67. The van der Waals surface area contributed by atoms with E-state index < -0.39 is 0 Å². The van der Waals surface area contributed by atoms with Crippen molar-refractivity contribution < 1.29 is 0 Å². The summed E-state index contributed by atoms with van der Waals surface area (Å²) in [5.41, 5.74) is 4.22. The minimum Gasteiger partial charge on any atom is -0.339 e. The van der Waals surface area contributed by atoms with Crippen LogP contribution in [0.15, 0.2) is 47.7 Å². The molecule has 3 heterocycles. The van der Waals surface area contributed by atoms with Crippen LogP contribution < -0.4 is 5.32 Å². The molecule has 0 saturated carbocycles. The zero-order chi connectivity index (χ0) is 13.5. The fraction of sp³-hybridized carbons (Fsp3) is 0.133. The minimum atomic E-state index is 0.695. The lowest BCUT2D eigenvalue weighted by Crippen LogP contribution is -2.13. The molecule has 5 heteroatoms. The number of hydrogen-bond acceptors (Lipinski definition) is 4. The van der Waals surface area contributed by atoms with Crippen LogP contribution >= 0.6 is 0 Å². The van der Waals surface area contributed by atoms with E-state index in [-0.39, 0.29) is 0 Å². The summed E-state index contributed by atoms with van der Waals surface area (Å²) in [6, 6.07) is 10.2. The van der Waals surface area contributed by atoms with Crippen molar-refractivity contribution >= 4 is 22.4 Å². The molecule has 2 aromatic heterocycles. The number of fused-ring (bicyclic) bond motifs is 2. The molecule has 0 amide bonds. The van der Waals surface area contributed by atoms with Gasteiger partial charge in [0.05, 0.1) is 18.3 Å². The Morgan fingerprint density at radius 1 is 1.25 bits per heavy atom. The van der Waals surface area contributed by atoms with Crippen LogP contribution in [0.25, 0.3) is 10.9 Å². The van der Waals surface area contributed by atoms with Gasteiger partial charge in [-0.2, -0.15) is 5.10 Å². The van der Waals surface area contributed by atoms with E-state index in [1.165, 1.54) is 0 Å². The SMILES string of the molecule is Cn1ncc2cc(NC3=NCc4cccnc43)ccc21. The molecule has 4 rings (SSSR count). The molecule has 1 aliphatic heterocycles. The highest BCUT2D eigenvalue weighted by Crippen LogP contribution is 2.21. The maximum Gasteiger partial charge on any atom is 0.152 e. The zero-order valence-corrected chi connectivity index (χ0v) is 11.0. The molecule has 1 aromatic carbocycles. The molecule has 0 radical (unpaired) electrons. The lowest BCUT2D eigenvalue weighted by Gasteiger charge is -2.07. The van der Waals surface area contributed by atoms with Gasteiger partial charge in [-0.3, -0.25) is 14.7 Å². The first-order valence-electron chi connectivity index (χ1n) is 6.49. The number of hydrogen-bond donors (Lipinski definition) is 1. The van der Waals surface area contributed by atoms with Gasteiger partial charge in [0, 0.05) is 29.9 Å². The Labute approximate surface area is 116 Å². The molecule has 0 saturated heterocycles. The Hall–Kier alpha value is -2.69. The molecule has 0 atom stereocenters. The van der Waals surface area contributed by atoms with Gasteiger partial charge in [-0.05, 0) is 24.3 Å². The Morgan fingerprint density at radius 2 is 2.20 bits per heavy atom. The van der Waals surface area contributed by atoms with E-state index >= 15 is 0 Å². The third-order valence-electron chi connectivity index (χ3n) is 3.53. The van der Waals surface area contributed by atoms with Gasteiger partial charge in [0.1, 0.15) is 5.69 Å². The Balaban J connectivity index is 1.68. The van der Waals surface area contributed by atoms with Crippen LogP contribution in [0.2, 0.25) is 0 Å². The highest BCUT2D eigenvalue weighted by molar-refractivity contribution is 6.09. The molecule has 3 aromatic rings. The van der Waals surface area contributed by atoms with Crippen LogP contribution in [0.3, 0.4) is 0 Å². The van der Waals surface area contributed by atoms with E-state index in [4.69, 9.17) is 0 Å². The predicted molar refractivity (Wildman–Crippen MR) is 78.8 cm³/mol. The number of aromatic nitrogens is 3. The summed E-state index contributed by atoms with van der Waals surface area (Å²) in [5.74, 6) is 0.837. The van der Waals surface area contributed by atoms with Crippen molar-refractivity contribution in [3.8, 4) is 0 Å². The van der Waals surface area contributed by atoms with Crippen molar-refractivity contribution in [1.29, 1.82) is 0 Å². The van der Waals surface area contributed by atoms with Crippen LogP contribution in [0, 0.1) is 0 Å². The fourth-order valence-electron chi connectivity index (χ4n) is 2.50. The minimum absolute atomic E-state index is 0.695. The van der Waals surface area contributed by atoms with E-state index in [0.29, 0.717) is 6.54 Å². The number of nitrogens with one attached hydrogen (secondary N) is 1. The predicted octanol–water partition coefficient (Wildman–Crippen LogP) is 2.34. The van der Waals surface area contributed by atoms with Crippen molar-refractivity contribution in [3.63, 3.8) is 0 Å². The molecule has 20 heavy (non-hydrogen) atoms. The van der Waals surface area contributed by atoms with Crippen LogP contribution in [0.1, 0.15) is 11.3 Å². The average molecular weight is 263 g/mol. The van der Waals surface area contributed by atoms with Crippen molar-refractivity contribution in [2.24, 2.45) is 12.0 Å². The number of anilines is 1. The van der Waals surface area contributed by atoms with Gasteiger partial charge in [-0.15, -0.1) is 0 Å².